The van der Waals surface area contributed by atoms with Gasteiger partial charge in [-0.1, -0.05) is 42.5 Å². The summed E-state index contributed by atoms with van der Waals surface area (Å²) in [6.07, 6.45) is 1.88. The Morgan fingerprint density at radius 2 is 1.52 bits per heavy atom. The third kappa shape index (κ3) is 1.90. The van der Waals surface area contributed by atoms with E-state index in [9.17, 15) is 0 Å². The maximum absolute atomic E-state index is 5.86. The molecule has 0 bridgehead atoms. The van der Waals surface area contributed by atoms with Crippen molar-refractivity contribution in [2.24, 2.45) is 0 Å². The Kier molecular flexibility index (Phi) is 2.50. The van der Waals surface area contributed by atoms with E-state index in [1.807, 2.05) is 42.6 Å². The van der Waals surface area contributed by atoms with Gasteiger partial charge in [-0.25, -0.2) is 4.98 Å². The number of rotatable bonds is 1. The second-order valence-electron chi connectivity index (χ2n) is 5.56. The van der Waals surface area contributed by atoms with Crippen molar-refractivity contribution < 1.29 is 4.42 Å². The largest absolute Gasteiger partial charge is 0.438 e. The molecule has 3 aromatic heterocycles. The number of hydrogen-bond acceptors (Lipinski definition) is 3. The van der Waals surface area contributed by atoms with Crippen molar-refractivity contribution in [2.45, 2.75) is 0 Å². The lowest BCUT2D eigenvalue weighted by molar-refractivity contribution is 0.654. The summed E-state index contributed by atoms with van der Waals surface area (Å²) in [5.74, 6) is 0. The normalized spacial score (nSPS) is 11.5. The predicted octanol–water partition coefficient (Wildman–Crippen LogP) is 5.20. The zero-order valence-electron chi connectivity index (χ0n) is 12.2. The molecule has 5 aromatic rings. The average molecular weight is 296 g/mol. The van der Waals surface area contributed by atoms with Gasteiger partial charge in [0.25, 0.3) is 0 Å². The summed E-state index contributed by atoms with van der Waals surface area (Å²) in [5.41, 5.74) is 3.19. The highest BCUT2D eigenvalue weighted by atomic mass is 16.3. The van der Waals surface area contributed by atoms with Crippen LogP contribution in [0.2, 0.25) is 0 Å². The van der Waals surface area contributed by atoms with E-state index in [2.05, 4.69) is 40.3 Å². The van der Waals surface area contributed by atoms with Gasteiger partial charge in [0.05, 0.1) is 11.4 Å². The van der Waals surface area contributed by atoms with Crippen LogP contribution < -0.4 is 0 Å². The molecule has 0 N–H and O–H groups in total. The van der Waals surface area contributed by atoms with Crippen LogP contribution in [-0.4, -0.2) is 9.97 Å². The summed E-state index contributed by atoms with van der Waals surface area (Å²) < 4.78 is 5.86. The van der Waals surface area contributed by atoms with Gasteiger partial charge in [-0.15, -0.1) is 0 Å². The molecule has 3 nitrogen and oxygen atoms in total. The van der Waals surface area contributed by atoms with Crippen LogP contribution in [0.25, 0.3) is 44.2 Å². The molecule has 5 rings (SSSR count). The number of fused-ring (bicyclic) bond motifs is 4. The van der Waals surface area contributed by atoms with Crippen molar-refractivity contribution in [3.8, 4) is 11.4 Å². The molecule has 0 atom stereocenters. The average Bonchev–Trinajstić information content (AvgIpc) is 2.99. The number of nitrogens with zero attached hydrogens (tertiary/aromatic N) is 2. The molecule has 0 amide bonds. The van der Waals surface area contributed by atoms with Crippen molar-refractivity contribution in [3.63, 3.8) is 0 Å². The van der Waals surface area contributed by atoms with Gasteiger partial charge in [0.1, 0.15) is 5.58 Å². The first-order valence-electron chi connectivity index (χ1n) is 7.52. The second-order valence-corrected chi connectivity index (χ2v) is 5.56. The molecule has 2 aromatic carbocycles. The first-order chi connectivity index (χ1) is 11.4. The Bertz CT molecular complexity index is 1170. The first-order valence-corrected chi connectivity index (χ1v) is 7.52. The fourth-order valence-electron chi connectivity index (χ4n) is 2.97. The van der Waals surface area contributed by atoms with E-state index in [1.54, 1.807) is 0 Å². The molecular weight excluding hydrogens is 284 g/mol. The van der Waals surface area contributed by atoms with E-state index in [1.165, 1.54) is 0 Å². The zero-order chi connectivity index (χ0) is 15.2. The Labute approximate surface area is 132 Å². The second kappa shape index (κ2) is 4.65. The SMILES string of the molecule is c1ccc2cc(-c3ccc4c(n3)oc3ccccc34)ncc2c1. The lowest BCUT2D eigenvalue weighted by atomic mass is 10.1. The number of pyridine rings is 2. The Morgan fingerprint density at radius 1 is 0.696 bits per heavy atom. The molecule has 0 saturated carbocycles. The van der Waals surface area contributed by atoms with E-state index in [0.717, 1.165) is 38.5 Å². The Hall–Kier alpha value is -3.20. The minimum Gasteiger partial charge on any atom is -0.438 e. The van der Waals surface area contributed by atoms with Gasteiger partial charge in [-0.05, 0) is 29.7 Å². The molecule has 0 fully saturated rings. The van der Waals surface area contributed by atoms with Crippen LogP contribution in [0, 0.1) is 0 Å². The molecule has 0 unspecified atom stereocenters. The topological polar surface area (TPSA) is 38.9 Å². The minimum atomic E-state index is 0.652. The quantitative estimate of drug-likeness (QED) is 0.427. The van der Waals surface area contributed by atoms with Crippen molar-refractivity contribution in [1.82, 2.24) is 9.97 Å². The maximum Gasteiger partial charge on any atom is 0.227 e. The summed E-state index contributed by atoms with van der Waals surface area (Å²) in [6, 6.07) is 22.3. The van der Waals surface area contributed by atoms with Crippen LogP contribution in [0.5, 0.6) is 0 Å². The molecular formula is C20H12N2O. The van der Waals surface area contributed by atoms with Gasteiger partial charge in [0.2, 0.25) is 5.71 Å². The third-order valence-electron chi connectivity index (χ3n) is 4.14. The number of hydrogen-bond donors (Lipinski definition) is 0. The molecule has 0 radical (unpaired) electrons. The number of para-hydroxylation sites is 1. The predicted molar refractivity (Wildman–Crippen MR) is 92.3 cm³/mol. The van der Waals surface area contributed by atoms with E-state index in [-0.39, 0.29) is 0 Å². The molecule has 0 aliphatic rings. The summed E-state index contributed by atoms with van der Waals surface area (Å²) >= 11 is 0. The fourth-order valence-corrected chi connectivity index (χ4v) is 2.97. The molecule has 3 heterocycles. The van der Waals surface area contributed by atoms with Crippen LogP contribution in [-0.2, 0) is 0 Å². The van der Waals surface area contributed by atoms with E-state index in [4.69, 9.17) is 4.42 Å². The van der Waals surface area contributed by atoms with E-state index < -0.39 is 0 Å². The van der Waals surface area contributed by atoms with Gasteiger partial charge >= 0.3 is 0 Å². The van der Waals surface area contributed by atoms with Crippen molar-refractivity contribution in [1.29, 1.82) is 0 Å². The van der Waals surface area contributed by atoms with E-state index in [0.29, 0.717) is 5.71 Å². The number of aromatic nitrogens is 2. The van der Waals surface area contributed by atoms with Crippen LogP contribution in [0.4, 0.5) is 0 Å². The third-order valence-corrected chi connectivity index (χ3v) is 4.14. The molecule has 108 valence electrons. The van der Waals surface area contributed by atoms with Gasteiger partial charge in [0, 0.05) is 22.4 Å². The van der Waals surface area contributed by atoms with Gasteiger partial charge in [-0.3, -0.25) is 4.98 Å². The first kappa shape index (κ1) is 12.4. The zero-order valence-corrected chi connectivity index (χ0v) is 12.2. The van der Waals surface area contributed by atoms with Crippen molar-refractivity contribution in [3.05, 3.63) is 72.9 Å². The summed E-state index contributed by atoms with van der Waals surface area (Å²) in [5, 5.41) is 4.41. The van der Waals surface area contributed by atoms with Crippen LogP contribution in [0.3, 0.4) is 0 Å². The smallest absolute Gasteiger partial charge is 0.227 e. The van der Waals surface area contributed by atoms with Crippen molar-refractivity contribution >= 4 is 32.8 Å². The minimum absolute atomic E-state index is 0.652. The lowest BCUT2D eigenvalue weighted by Crippen LogP contribution is -1.87. The van der Waals surface area contributed by atoms with Crippen LogP contribution in [0.15, 0.2) is 77.3 Å². The summed E-state index contributed by atoms with van der Waals surface area (Å²) in [4.78, 5) is 9.19. The fraction of sp³-hybridized carbons (Fsp3) is 0. The van der Waals surface area contributed by atoms with Gasteiger partial charge in [0.15, 0.2) is 0 Å². The molecule has 0 spiro atoms. The van der Waals surface area contributed by atoms with Crippen molar-refractivity contribution in [2.75, 3.05) is 0 Å². The van der Waals surface area contributed by atoms with Crippen LogP contribution in [0.1, 0.15) is 0 Å². The Morgan fingerprint density at radius 3 is 2.48 bits per heavy atom. The summed E-state index contributed by atoms with van der Waals surface area (Å²) in [6.45, 7) is 0. The highest BCUT2D eigenvalue weighted by Crippen LogP contribution is 2.29. The van der Waals surface area contributed by atoms with Gasteiger partial charge in [-0.2, -0.15) is 0 Å². The molecule has 0 aliphatic carbocycles. The lowest BCUT2D eigenvalue weighted by Gasteiger charge is -2.02. The maximum atomic E-state index is 5.86. The highest BCUT2D eigenvalue weighted by Gasteiger charge is 2.10. The summed E-state index contributed by atoms with van der Waals surface area (Å²) in [7, 11) is 0. The monoisotopic (exact) mass is 296 g/mol. The Balaban J connectivity index is 1.73. The molecule has 23 heavy (non-hydrogen) atoms. The number of benzene rings is 2. The van der Waals surface area contributed by atoms with E-state index >= 15 is 0 Å². The highest BCUT2D eigenvalue weighted by molar-refractivity contribution is 6.03. The molecule has 3 heteroatoms. The molecule has 0 aliphatic heterocycles. The van der Waals surface area contributed by atoms with Gasteiger partial charge < -0.3 is 4.42 Å². The number of furan rings is 1. The van der Waals surface area contributed by atoms with Crippen LogP contribution >= 0.6 is 0 Å². The standard InChI is InChI=1S/C20H12N2O/c1-2-6-14-12-21-18(11-13(14)5-1)17-10-9-16-15-7-3-4-8-19(15)23-20(16)22-17/h1-12H. The molecule has 0 saturated heterocycles.